The van der Waals surface area contributed by atoms with E-state index in [2.05, 4.69) is 15.0 Å². The third-order valence-electron chi connectivity index (χ3n) is 5.52. The fraction of sp³-hybridized carbons (Fsp3) is 0.174. The zero-order valence-electron chi connectivity index (χ0n) is 16.4. The van der Waals surface area contributed by atoms with Crippen molar-refractivity contribution in [2.24, 2.45) is 0 Å². The highest BCUT2D eigenvalue weighted by Crippen LogP contribution is 2.23. The van der Waals surface area contributed by atoms with Crippen molar-refractivity contribution in [3.05, 3.63) is 81.9 Å². The first-order valence-corrected chi connectivity index (χ1v) is 9.75. The lowest BCUT2D eigenvalue weighted by Gasteiger charge is -2.28. The maximum absolute atomic E-state index is 13.1. The van der Waals surface area contributed by atoms with Crippen molar-refractivity contribution in [1.29, 1.82) is 0 Å². The molecule has 0 spiro atoms. The minimum Gasteiger partial charge on any atom is -0.497 e. The highest BCUT2D eigenvalue weighted by atomic mass is 16.5. The molecule has 0 atom stereocenters. The molecule has 4 aromatic rings. The summed E-state index contributed by atoms with van der Waals surface area (Å²) in [4.78, 5) is 38.1. The van der Waals surface area contributed by atoms with E-state index >= 15 is 0 Å². The van der Waals surface area contributed by atoms with E-state index in [1.165, 1.54) is 0 Å². The van der Waals surface area contributed by atoms with Crippen LogP contribution in [-0.2, 0) is 13.0 Å². The molecule has 1 aliphatic heterocycles. The van der Waals surface area contributed by atoms with Crippen molar-refractivity contribution in [2.75, 3.05) is 13.7 Å². The van der Waals surface area contributed by atoms with Crippen LogP contribution in [0.25, 0.3) is 22.3 Å². The zero-order chi connectivity index (χ0) is 20.7. The van der Waals surface area contributed by atoms with E-state index in [0.717, 1.165) is 22.2 Å². The van der Waals surface area contributed by atoms with Gasteiger partial charge in [0.25, 0.3) is 11.5 Å². The summed E-state index contributed by atoms with van der Waals surface area (Å²) in [5.41, 5.74) is 3.56. The van der Waals surface area contributed by atoms with Gasteiger partial charge in [0, 0.05) is 40.3 Å². The summed E-state index contributed by atoms with van der Waals surface area (Å²) in [6.45, 7) is 0.802. The Morgan fingerprint density at radius 2 is 1.97 bits per heavy atom. The van der Waals surface area contributed by atoms with Gasteiger partial charge in [-0.3, -0.25) is 9.59 Å². The van der Waals surface area contributed by atoms with Crippen LogP contribution in [0.2, 0.25) is 0 Å². The molecule has 2 aromatic heterocycles. The predicted molar refractivity (Wildman–Crippen MR) is 114 cm³/mol. The van der Waals surface area contributed by atoms with E-state index < -0.39 is 0 Å². The number of methoxy groups -OCH3 is 1. The molecule has 2 aromatic carbocycles. The van der Waals surface area contributed by atoms with E-state index in [0.29, 0.717) is 42.2 Å². The first kappa shape index (κ1) is 18.2. The molecule has 2 N–H and O–H groups in total. The van der Waals surface area contributed by atoms with Gasteiger partial charge in [-0.1, -0.05) is 0 Å². The number of fused-ring (bicyclic) bond motifs is 2. The number of carbonyl (C=O) groups excluding carboxylic acids is 1. The van der Waals surface area contributed by atoms with Gasteiger partial charge in [-0.25, -0.2) is 4.98 Å². The number of aromatic nitrogens is 3. The number of benzene rings is 2. The molecule has 0 bridgehead atoms. The number of nitrogens with one attached hydrogen (secondary N) is 2. The number of carbonyl (C=O) groups is 1. The first-order valence-electron chi connectivity index (χ1n) is 9.75. The SMILES string of the molecule is COc1ccc(-c2nc3c(c(=O)[nH]2)CCN(C(=O)c2ccc4[nH]ccc4c2)C3)cc1. The van der Waals surface area contributed by atoms with Crippen molar-refractivity contribution in [2.45, 2.75) is 13.0 Å². The summed E-state index contributed by atoms with van der Waals surface area (Å²) in [5.74, 6) is 1.16. The van der Waals surface area contributed by atoms with Crippen LogP contribution in [0.5, 0.6) is 5.75 Å². The molecule has 7 nitrogen and oxygen atoms in total. The summed E-state index contributed by atoms with van der Waals surface area (Å²) in [5, 5.41) is 0.995. The van der Waals surface area contributed by atoms with Gasteiger partial charge in [0.2, 0.25) is 0 Å². The van der Waals surface area contributed by atoms with E-state index in [9.17, 15) is 9.59 Å². The minimum absolute atomic E-state index is 0.0585. The summed E-state index contributed by atoms with van der Waals surface area (Å²) in [6.07, 6.45) is 2.34. The Kier molecular flexibility index (Phi) is 4.35. The van der Waals surface area contributed by atoms with Crippen LogP contribution in [0.15, 0.2) is 59.5 Å². The Bertz CT molecular complexity index is 1300. The normalized spacial score (nSPS) is 13.3. The Morgan fingerprint density at radius 1 is 1.13 bits per heavy atom. The van der Waals surface area contributed by atoms with Gasteiger partial charge in [-0.15, -0.1) is 0 Å². The number of nitrogens with zero attached hydrogens (tertiary/aromatic N) is 2. The average molecular weight is 400 g/mol. The maximum Gasteiger partial charge on any atom is 0.254 e. The van der Waals surface area contributed by atoms with Gasteiger partial charge in [0.15, 0.2) is 0 Å². The molecule has 0 fully saturated rings. The molecule has 7 heteroatoms. The smallest absolute Gasteiger partial charge is 0.254 e. The molecule has 0 radical (unpaired) electrons. The molecule has 0 saturated heterocycles. The van der Waals surface area contributed by atoms with Crippen LogP contribution in [-0.4, -0.2) is 39.4 Å². The number of hydrogen-bond acceptors (Lipinski definition) is 4. The van der Waals surface area contributed by atoms with Crippen molar-refractivity contribution in [3.8, 4) is 17.1 Å². The third kappa shape index (κ3) is 3.14. The van der Waals surface area contributed by atoms with E-state index in [-0.39, 0.29) is 11.5 Å². The Morgan fingerprint density at radius 3 is 2.77 bits per heavy atom. The van der Waals surface area contributed by atoms with Crippen LogP contribution in [0.4, 0.5) is 0 Å². The number of amides is 1. The summed E-state index contributed by atoms with van der Waals surface area (Å²) >= 11 is 0. The van der Waals surface area contributed by atoms with Crippen LogP contribution >= 0.6 is 0 Å². The Balaban J connectivity index is 1.45. The second-order valence-electron chi connectivity index (χ2n) is 7.32. The van der Waals surface area contributed by atoms with Gasteiger partial charge in [0.05, 0.1) is 19.3 Å². The molecule has 1 aliphatic rings. The second-order valence-corrected chi connectivity index (χ2v) is 7.32. The van der Waals surface area contributed by atoms with E-state index in [1.807, 2.05) is 54.7 Å². The topological polar surface area (TPSA) is 91.1 Å². The van der Waals surface area contributed by atoms with E-state index in [4.69, 9.17) is 4.74 Å². The molecule has 0 aliphatic carbocycles. The number of rotatable bonds is 3. The molecule has 3 heterocycles. The van der Waals surface area contributed by atoms with Gasteiger partial charge in [-0.05, 0) is 55.0 Å². The number of aromatic amines is 2. The Labute approximate surface area is 172 Å². The Hall–Kier alpha value is -3.87. The van der Waals surface area contributed by atoms with Crippen molar-refractivity contribution in [1.82, 2.24) is 19.9 Å². The molecular weight excluding hydrogens is 380 g/mol. The minimum atomic E-state index is -0.147. The molecular formula is C23H20N4O3. The molecule has 1 amide bonds. The number of hydrogen-bond donors (Lipinski definition) is 2. The lowest BCUT2D eigenvalue weighted by molar-refractivity contribution is 0.0731. The summed E-state index contributed by atoms with van der Waals surface area (Å²) in [6, 6.07) is 14.9. The third-order valence-corrected chi connectivity index (χ3v) is 5.52. The predicted octanol–water partition coefficient (Wildman–Crippen LogP) is 3.13. The first-order chi connectivity index (χ1) is 14.6. The van der Waals surface area contributed by atoms with Gasteiger partial charge in [-0.2, -0.15) is 0 Å². The molecule has 0 unspecified atom stereocenters. The van der Waals surface area contributed by atoms with Crippen LogP contribution < -0.4 is 10.3 Å². The standard InChI is InChI=1S/C23H20N4O3/c1-30-17-5-2-14(3-6-17)21-25-20-13-27(11-9-18(20)22(28)26-21)23(29)16-4-7-19-15(12-16)8-10-24-19/h2-8,10,12,24H,9,11,13H2,1H3,(H,25,26,28). The second kappa shape index (κ2) is 7.18. The van der Waals surface area contributed by atoms with Crippen LogP contribution in [0.3, 0.4) is 0 Å². The van der Waals surface area contributed by atoms with Crippen LogP contribution in [0.1, 0.15) is 21.6 Å². The number of H-pyrrole nitrogens is 2. The van der Waals surface area contributed by atoms with Gasteiger partial charge < -0.3 is 19.6 Å². The highest BCUT2D eigenvalue weighted by molar-refractivity contribution is 5.98. The largest absolute Gasteiger partial charge is 0.497 e. The molecule has 30 heavy (non-hydrogen) atoms. The highest BCUT2D eigenvalue weighted by Gasteiger charge is 2.25. The van der Waals surface area contributed by atoms with Crippen molar-refractivity contribution >= 4 is 16.8 Å². The fourth-order valence-corrected chi connectivity index (χ4v) is 3.87. The number of ether oxygens (including phenoxy) is 1. The van der Waals surface area contributed by atoms with Crippen molar-refractivity contribution < 1.29 is 9.53 Å². The fourth-order valence-electron chi connectivity index (χ4n) is 3.87. The van der Waals surface area contributed by atoms with Crippen molar-refractivity contribution in [3.63, 3.8) is 0 Å². The monoisotopic (exact) mass is 400 g/mol. The van der Waals surface area contributed by atoms with E-state index in [1.54, 1.807) is 12.0 Å². The average Bonchev–Trinajstić information content (AvgIpc) is 3.26. The van der Waals surface area contributed by atoms with Gasteiger partial charge >= 0.3 is 0 Å². The van der Waals surface area contributed by atoms with Crippen LogP contribution in [0, 0.1) is 0 Å². The lowest BCUT2D eigenvalue weighted by Crippen LogP contribution is -2.39. The lowest BCUT2D eigenvalue weighted by atomic mass is 10.0. The molecule has 0 saturated carbocycles. The quantitative estimate of drug-likeness (QED) is 0.553. The zero-order valence-corrected chi connectivity index (χ0v) is 16.4. The van der Waals surface area contributed by atoms with Gasteiger partial charge in [0.1, 0.15) is 11.6 Å². The molecule has 5 rings (SSSR count). The summed E-state index contributed by atoms with van der Waals surface area (Å²) in [7, 11) is 1.60. The maximum atomic E-state index is 13.1. The molecule has 150 valence electrons. The summed E-state index contributed by atoms with van der Waals surface area (Å²) < 4.78 is 5.18.